The molecule has 1 aliphatic carbocycles. The molecule has 1 amide bonds. The van der Waals surface area contributed by atoms with E-state index in [1.165, 1.54) is 24.1 Å². The lowest BCUT2D eigenvalue weighted by Gasteiger charge is -2.17. The molecule has 2 aromatic heterocycles. The van der Waals surface area contributed by atoms with Gasteiger partial charge in [0.2, 0.25) is 0 Å². The quantitative estimate of drug-likeness (QED) is 0.474. The number of carboxylic acids is 1. The number of carbonyl (C=O) groups excluding carboxylic acids is 1. The number of aromatic nitrogens is 2. The average Bonchev–Trinajstić information content (AvgIpc) is 2.79. The summed E-state index contributed by atoms with van der Waals surface area (Å²) in [5.41, 5.74) is 3.27. The van der Waals surface area contributed by atoms with Gasteiger partial charge >= 0.3 is 5.97 Å². The molecule has 0 radical (unpaired) electrons. The Morgan fingerprint density at radius 3 is 2.79 bits per heavy atom. The van der Waals surface area contributed by atoms with E-state index in [0.29, 0.717) is 6.61 Å². The van der Waals surface area contributed by atoms with Crippen molar-refractivity contribution >= 4 is 23.5 Å². The molecule has 33 heavy (non-hydrogen) atoms. The molecule has 2 N–H and O–H groups in total. The van der Waals surface area contributed by atoms with Gasteiger partial charge in [-0.05, 0) is 56.1 Å². The summed E-state index contributed by atoms with van der Waals surface area (Å²) >= 11 is 5.82. The summed E-state index contributed by atoms with van der Waals surface area (Å²) in [5.74, 6) is -2.78. The Bertz CT molecular complexity index is 968. The lowest BCUT2D eigenvalue weighted by molar-refractivity contribution is -0.139. The Labute approximate surface area is 197 Å². The number of fused-ring (bicyclic) bond motifs is 1. The van der Waals surface area contributed by atoms with Crippen molar-refractivity contribution in [2.45, 2.75) is 57.9 Å². The normalized spacial score (nSPS) is 14.9. The van der Waals surface area contributed by atoms with Gasteiger partial charge < -0.3 is 15.2 Å². The zero-order valence-corrected chi connectivity index (χ0v) is 19.4. The van der Waals surface area contributed by atoms with Crippen LogP contribution in [0.1, 0.15) is 59.9 Å². The number of carboxylic acid groups (broad SMARTS) is 1. The number of pyridine rings is 2. The molecule has 7 nitrogen and oxygen atoms in total. The van der Waals surface area contributed by atoms with Crippen molar-refractivity contribution in [1.29, 1.82) is 0 Å². The van der Waals surface area contributed by atoms with Crippen molar-refractivity contribution in [2.24, 2.45) is 5.92 Å². The van der Waals surface area contributed by atoms with Crippen molar-refractivity contribution in [3.8, 4) is 0 Å². The minimum Gasteiger partial charge on any atom is -0.480 e. The van der Waals surface area contributed by atoms with Crippen LogP contribution >= 0.6 is 11.6 Å². The van der Waals surface area contributed by atoms with E-state index in [-0.39, 0.29) is 24.0 Å². The standard InChI is InChI=1S/C24H29ClFN3O4/c1-15(6-8-17-9-7-16-4-2-3-5-20(16)28-17)14-33-11-10-21(24(31)32)29-23(30)22-18(25)12-27-13-19(22)26/h7,9,12-13,15,21H,2-6,8,10-11,14H2,1H3,(H,29,30)(H,31,32). The summed E-state index contributed by atoms with van der Waals surface area (Å²) in [5, 5.41) is 11.5. The molecule has 178 valence electrons. The van der Waals surface area contributed by atoms with E-state index in [0.717, 1.165) is 43.8 Å². The van der Waals surface area contributed by atoms with Crippen LogP contribution in [0.3, 0.4) is 0 Å². The van der Waals surface area contributed by atoms with E-state index < -0.39 is 29.3 Å². The predicted octanol–water partition coefficient (Wildman–Crippen LogP) is 4.01. The predicted molar refractivity (Wildman–Crippen MR) is 122 cm³/mol. The first kappa shape index (κ1) is 25.1. The van der Waals surface area contributed by atoms with Crippen LogP contribution in [0.5, 0.6) is 0 Å². The van der Waals surface area contributed by atoms with Gasteiger partial charge in [0.15, 0.2) is 5.82 Å². The highest BCUT2D eigenvalue weighted by atomic mass is 35.5. The molecule has 0 fully saturated rings. The smallest absolute Gasteiger partial charge is 0.326 e. The number of aliphatic carboxylic acids is 1. The first-order valence-corrected chi connectivity index (χ1v) is 11.6. The largest absolute Gasteiger partial charge is 0.480 e. The van der Waals surface area contributed by atoms with Crippen molar-refractivity contribution in [1.82, 2.24) is 15.3 Å². The molecule has 2 aromatic rings. The van der Waals surface area contributed by atoms with Crippen molar-refractivity contribution in [3.05, 3.63) is 57.9 Å². The molecule has 2 unspecified atom stereocenters. The molecule has 0 spiro atoms. The maximum Gasteiger partial charge on any atom is 0.326 e. The Kier molecular flexibility index (Phi) is 9.14. The van der Waals surface area contributed by atoms with Crippen molar-refractivity contribution in [3.63, 3.8) is 0 Å². The zero-order chi connectivity index (χ0) is 23.8. The van der Waals surface area contributed by atoms with Crippen molar-refractivity contribution in [2.75, 3.05) is 13.2 Å². The van der Waals surface area contributed by atoms with Gasteiger partial charge in [-0.15, -0.1) is 0 Å². The Hall–Kier alpha value is -2.58. The Balaban J connectivity index is 1.40. The van der Waals surface area contributed by atoms with Gasteiger partial charge in [0, 0.05) is 37.2 Å². The molecule has 1 aliphatic rings. The average molecular weight is 478 g/mol. The molecule has 0 saturated carbocycles. The van der Waals surface area contributed by atoms with Gasteiger partial charge in [-0.2, -0.15) is 0 Å². The van der Waals surface area contributed by atoms with E-state index in [2.05, 4.69) is 29.4 Å². The zero-order valence-electron chi connectivity index (χ0n) is 18.7. The summed E-state index contributed by atoms with van der Waals surface area (Å²) in [6, 6.07) is 3.08. The van der Waals surface area contributed by atoms with Crippen LogP contribution in [0.4, 0.5) is 4.39 Å². The third-order valence-electron chi connectivity index (χ3n) is 5.77. The summed E-state index contributed by atoms with van der Waals surface area (Å²) < 4.78 is 19.5. The third kappa shape index (κ3) is 7.20. The molecular weight excluding hydrogens is 449 g/mol. The fraction of sp³-hybridized carbons (Fsp3) is 0.500. The van der Waals surface area contributed by atoms with E-state index in [1.54, 1.807) is 0 Å². The number of nitrogens with zero attached hydrogens (tertiary/aromatic N) is 2. The number of carbonyl (C=O) groups is 2. The molecule has 3 rings (SSSR count). The van der Waals surface area contributed by atoms with Gasteiger partial charge in [0.25, 0.3) is 5.91 Å². The van der Waals surface area contributed by atoms with E-state index >= 15 is 0 Å². The Morgan fingerprint density at radius 1 is 1.24 bits per heavy atom. The second-order valence-electron chi connectivity index (χ2n) is 8.47. The summed E-state index contributed by atoms with van der Waals surface area (Å²) in [6.07, 6.45) is 8.41. The molecule has 0 bridgehead atoms. The molecule has 0 saturated heterocycles. The molecule has 2 atom stereocenters. The Morgan fingerprint density at radius 2 is 2.03 bits per heavy atom. The molecule has 0 aromatic carbocycles. The lowest BCUT2D eigenvalue weighted by Crippen LogP contribution is -2.42. The minimum absolute atomic E-state index is 0.0461. The number of nitrogens with one attached hydrogen (secondary N) is 1. The minimum atomic E-state index is -1.23. The van der Waals surface area contributed by atoms with Gasteiger partial charge in [0.1, 0.15) is 6.04 Å². The highest BCUT2D eigenvalue weighted by Gasteiger charge is 2.24. The number of rotatable bonds is 11. The number of aryl methyl sites for hydroxylation is 3. The maximum absolute atomic E-state index is 13.8. The topological polar surface area (TPSA) is 101 Å². The van der Waals surface area contributed by atoms with Crippen LogP contribution < -0.4 is 5.32 Å². The first-order chi connectivity index (χ1) is 15.8. The van der Waals surface area contributed by atoms with Gasteiger partial charge in [0.05, 0.1) is 16.8 Å². The summed E-state index contributed by atoms with van der Waals surface area (Å²) in [4.78, 5) is 32.1. The molecule has 0 aliphatic heterocycles. The number of halogens is 2. The van der Waals surface area contributed by atoms with Gasteiger partial charge in [-0.3, -0.25) is 14.8 Å². The van der Waals surface area contributed by atoms with Crippen LogP contribution in [0.25, 0.3) is 0 Å². The van der Waals surface area contributed by atoms with E-state index in [1.807, 2.05) is 0 Å². The van der Waals surface area contributed by atoms with Crippen LogP contribution in [-0.2, 0) is 28.8 Å². The number of hydrogen-bond donors (Lipinski definition) is 2. The van der Waals surface area contributed by atoms with Crippen molar-refractivity contribution < 1.29 is 23.8 Å². The fourth-order valence-electron chi connectivity index (χ4n) is 3.85. The van der Waals surface area contributed by atoms with E-state index in [4.69, 9.17) is 21.3 Å². The summed E-state index contributed by atoms with van der Waals surface area (Å²) in [7, 11) is 0. The SMILES string of the molecule is CC(CCc1ccc2c(n1)CCCC2)COCCC(NC(=O)c1c(F)cncc1Cl)C(=O)O. The molecule has 2 heterocycles. The summed E-state index contributed by atoms with van der Waals surface area (Å²) in [6.45, 7) is 2.68. The second-order valence-corrected chi connectivity index (χ2v) is 8.87. The second kappa shape index (κ2) is 12.0. The third-order valence-corrected chi connectivity index (χ3v) is 6.05. The first-order valence-electron chi connectivity index (χ1n) is 11.2. The number of amides is 1. The maximum atomic E-state index is 13.8. The van der Waals surface area contributed by atoms with Crippen LogP contribution in [-0.4, -0.2) is 46.2 Å². The monoisotopic (exact) mass is 477 g/mol. The highest BCUT2D eigenvalue weighted by molar-refractivity contribution is 6.33. The van der Waals surface area contributed by atoms with Gasteiger partial charge in [-0.1, -0.05) is 24.6 Å². The number of hydrogen-bond acceptors (Lipinski definition) is 5. The van der Waals surface area contributed by atoms with Gasteiger partial charge in [-0.25, -0.2) is 9.18 Å². The molecular formula is C24H29ClFN3O4. The van der Waals surface area contributed by atoms with Crippen LogP contribution in [0.2, 0.25) is 5.02 Å². The van der Waals surface area contributed by atoms with Crippen LogP contribution in [0, 0.1) is 11.7 Å². The van der Waals surface area contributed by atoms with E-state index in [9.17, 15) is 19.1 Å². The number of ether oxygens (including phenoxy) is 1. The fourth-order valence-corrected chi connectivity index (χ4v) is 4.08. The van der Waals surface area contributed by atoms with Crippen LogP contribution in [0.15, 0.2) is 24.5 Å². The molecule has 9 heteroatoms. The lowest BCUT2D eigenvalue weighted by atomic mass is 9.95. The highest BCUT2D eigenvalue weighted by Crippen LogP contribution is 2.21.